The molecule has 0 spiro atoms. The van der Waals surface area contributed by atoms with E-state index in [2.05, 4.69) is 45.0 Å². The molecule has 0 saturated heterocycles. The second-order valence-corrected chi connectivity index (χ2v) is 9.29. The highest BCUT2D eigenvalue weighted by atomic mass is 35.5. The van der Waals surface area contributed by atoms with Crippen LogP contribution in [0.25, 0.3) is 0 Å². The van der Waals surface area contributed by atoms with Gasteiger partial charge >= 0.3 is 0 Å². The molecule has 1 atom stereocenters. The van der Waals surface area contributed by atoms with Crippen LogP contribution in [0.15, 0.2) is 24.3 Å². The molecule has 1 aromatic carbocycles. The first-order valence-corrected chi connectivity index (χ1v) is 12.4. The summed E-state index contributed by atoms with van der Waals surface area (Å²) in [5.41, 5.74) is 9.06. The van der Waals surface area contributed by atoms with Gasteiger partial charge in [-0.3, -0.25) is 0 Å². The first-order chi connectivity index (χ1) is 13.6. The minimum Gasteiger partial charge on any atom is -0.322 e. The highest BCUT2D eigenvalue weighted by Gasteiger charge is 2.21. The lowest BCUT2D eigenvalue weighted by atomic mass is 9.85. The van der Waals surface area contributed by atoms with Crippen LogP contribution in [-0.2, 0) is 5.54 Å². The SMILES string of the molecule is CCCCCCCCCCCCCCCCCCC(C)(N)c1ccccc1C.Cl. The van der Waals surface area contributed by atoms with Crippen molar-refractivity contribution < 1.29 is 0 Å². The molecule has 2 heteroatoms. The van der Waals surface area contributed by atoms with Crippen molar-refractivity contribution in [3.8, 4) is 0 Å². The van der Waals surface area contributed by atoms with Gasteiger partial charge in [-0.25, -0.2) is 0 Å². The molecule has 1 rings (SSSR count). The average molecular weight is 424 g/mol. The van der Waals surface area contributed by atoms with Gasteiger partial charge in [-0.15, -0.1) is 12.4 Å². The molecule has 0 saturated carbocycles. The summed E-state index contributed by atoms with van der Waals surface area (Å²) in [6.07, 6.45) is 23.8. The summed E-state index contributed by atoms with van der Waals surface area (Å²) in [7, 11) is 0. The molecule has 0 aliphatic heterocycles. The van der Waals surface area contributed by atoms with E-state index in [9.17, 15) is 0 Å². The van der Waals surface area contributed by atoms with Crippen LogP contribution in [0.4, 0.5) is 0 Å². The molecule has 0 heterocycles. The predicted octanol–water partition coefficient (Wildman–Crippen LogP) is 9.24. The molecule has 2 N–H and O–H groups in total. The Bertz CT molecular complexity index is 483. The number of rotatable bonds is 18. The van der Waals surface area contributed by atoms with E-state index < -0.39 is 0 Å². The van der Waals surface area contributed by atoms with E-state index in [-0.39, 0.29) is 17.9 Å². The molecule has 0 aromatic heterocycles. The lowest BCUT2D eigenvalue weighted by Crippen LogP contribution is -2.33. The maximum Gasteiger partial charge on any atom is 0.0383 e. The highest BCUT2D eigenvalue weighted by Crippen LogP contribution is 2.27. The molecule has 1 unspecified atom stereocenters. The molecule has 0 amide bonds. The first-order valence-electron chi connectivity index (χ1n) is 12.4. The Hall–Kier alpha value is -0.530. The third-order valence-corrected chi connectivity index (χ3v) is 6.31. The number of hydrogen-bond acceptors (Lipinski definition) is 1. The summed E-state index contributed by atoms with van der Waals surface area (Å²) in [4.78, 5) is 0. The van der Waals surface area contributed by atoms with Crippen LogP contribution in [0.5, 0.6) is 0 Å². The van der Waals surface area contributed by atoms with Crippen molar-refractivity contribution in [2.24, 2.45) is 5.73 Å². The molecule has 0 fully saturated rings. The molecule has 0 aliphatic rings. The van der Waals surface area contributed by atoms with E-state index in [0.29, 0.717) is 0 Å². The summed E-state index contributed by atoms with van der Waals surface area (Å²) in [6, 6.07) is 8.58. The van der Waals surface area contributed by atoms with Gasteiger partial charge in [0, 0.05) is 5.54 Å². The quantitative estimate of drug-likeness (QED) is 0.234. The van der Waals surface area contributed by atoms with Crippen molar-refractivity contribution in [3.05, 3.63) is 35.4 Å². The Kier molecular flexibility index (Phi) is 17.9. The maximum atomic E-state index is 6.60. The normalized spacial score (nSPS) is 13.1. The summed E-state index contributed by atoms with van der Waals surface area (Å²) in [5.74, 6) is 0. The number of unbranched alkanes of at least 4 members (excludes halogenated alkanes) is 15. The fraction of sp³-hybridized carbons (Fsp3) is 0.778. The van der Waals surface area contributed by atoms with Crippen molar-refractivity contribution >= 4 is 12.4 Å². The number of benzene rings is 1. The van der Waals surface area contributed by atoms with E-state index in [0.717, 1.165) is 6.42 Å². The topological polar surface area (TPSA) is 26.0 Å². The molecule has 170 valence electrons. The third-order valence-electron chi connectivity index (χ3n) is 6.31. The molecule has 0 bridgehead atoms. The van der Waals surface area contributed by atoms with E-state index in [4.69, 9.17) is 5.73 Å². The minimum absolute atomic E-state index is 0. The molecule has 1 aromatic rings. The zero-order valence-electron chi connectivity index (χ0n) is 19.8. The molecular weight excluding hydrogens is 374 g/mol. The Morgan fingerprint density at radius 2 is 1.03 bits per heavy atom. The van der Waals surface area contributed by atoms with Crippen molar-refractivity contribution in [3.63, 3.8) is 0 Å². The van der Waals surface area contributed by atoms with Gasteiger partial charge in [0.1, 0.15) is 0 Å². The smallest absolute Gasteiger partial charge is 0.0383 e. The number of nitrogens with two attached hydrogens (primary N) is 1. The molecule has 0 aliphatic carbocycles. The molecule has 29 heavy (non-hydrogen) atoms. The van der Waals surface area contributed by atoms with Crippen LogP contribution in [0.3, 0.4) is 0 Å². The molecule has 0 radical (unpaired) electrons. The lowest BCUT2D eigenvalue weighted by molar-refractivity contribution is 0.418. The summed E-state index contributed by atoms with van der Waals surface area (Å²) in [5, 5.41) is 0. The Balaban J connectivity index is 0.00000784. The van der Waals surface area contributed by atoms with Gasteiger partial charge in [0.25, 0.3) is 0 Å². The van der Waals surface area contributed by atoms with Crippen LogP contribution in [0.2, 0.25) is 0 Å². The fourth-order valence-electron chi connectivity index (χ4n) is 4.39. The van der Waals surface area contributed by atoms with Gasteiger partial charge < -0.3 is 5.73 Å². The van der Waals surface area contributed by atoms with Crippen LogP contribution in [0, 0.1) is 6.92 Å². The van der Waals surface area contributed by atoms with Crippen LogP contribution >= 0.6 is 12.4 Å². The van der Waals surface area contributed by atoms with Crippen molar-refractivity contribution in [1.29, 1.82) is 0 Å². The minimum atomic E-state index is -0.179. The second kappa shape index (κ2) is 18.3. The van der Waals surface area contributed by atoms with Crippen molar-refractivity contribution in [2.45, 2.75) is 135 Å². The van der Waals surface area contributed by atoms with E-state index in [1.54, 1.807) is 0 Å². The van der Waals surface area contributed by atoms with Crippen molar-refractivity contribution in [1.82, 2.24) is 0 Å². The largest absolute Gasteiger partial charge is 0.322 e. The summed E-state index contributed by atoms with van der Waals surface area (Å²) in [6.45, 7) is 6.66. The maximum absolute atomic E-state index is 6.60. The van der Waals surface area contributed by atoms with Gasteiger partial charge in [-0.1, -0.05) is 134 Å². The van der Waals surface area contributed by atoms with E-state index in [1.165, 1.54) is 114 Å². The fourth-order valence-corrected chi connectivity index (χ4v) is 4.39. The number of aryl methyl sites for hydroxylation is 1. The van der Waals surface area contributed by atoms with Crippen LogP contribution in [-0.4, -0.2) is 0 Å². The van der Waals surface area contributed by atoms with Crippen molar-refractivity contribution in [2.75, 3.05) is 0 Å². The summed E-state index contributed by atoms with van der Waals surface area (Å²) >= 11 is 0. The first kappa shape index (κ1) is 28.5. The van der Waals surface area contributed by atoms with E-state index >= 15 is 0 Å². The molecule has 1 nitrogen and oxygen atoms in total. The average Bonchev–Trinajstić information content (AvgIpc) is 2.68. The highest BCUT2D eigenvalue weighted by molar-refractivity contribution is 5.85. The Morgan fingerprint density at radius 1 is 0.655 bits per heavy atom. The monoisotopic (exact) mass is 423 g/mol. The standard InChI is InChI=1S/C27H49N.ClH/c1-4-5-6-7-8-9-10-11-12-13-14-15-16-17-18-21-24-27(3,28)26-23-20-19-22-25(26)2;/h19-20,22-23H,4-18,21,24,28H2,1-3H3;1H. The molecular formula is C27H50ClN. The van der Waals surface area contributed by atoms with Crippen LogP contribution < -0.4 is 5.73 Å². The van der Waals surface area contributed by atoms with Gasteiger partial charge in [-0.2, -0.15) is 0 Å². The Labute approximate surface area is 189 Å². The zero-order valence-corrected chi connectivity index (χ0v) is 20.6. The van der Waals surface area contributed by atoms with Gasteiger partial charge in [0.05, 0.1) is 0 Å². The summed E-state index contributed by atoms with van der Waals surface area (Å²) < 4.78 is 0. The van der Waals surface area contributed by atoms with Gasteiger partial charge in [0.2, 0.25) is 0 Å². The van der Waals surface area contributed by atoms with Gasteiger partial charge in [-0.05, 0) is 31.4 Å². The van der Waals surface area contributed by atoms with Crippen LogP contribution in [0.1, 0.15) is 134 Å². The predicted molar refractivity (Wildman–Crippen MR) is 134 cm³/mol. The van der Waals surface area contributed by atoms with E-state index in [1.807, 2.05) is 0 Å². The third kappa shape index (κ3) is 14.2. The zero-order chi connectivity index (χ0) is 20.5. The number of hydrogen-bond donors (Lipinski definition) is 1. The second-order valence-electron chi connectivity index (χ2n) is 9.29. The lowest BCUT2D eigenvalue weighted by Gasteiger charge is -2.27. The Morgan fingerprint density at radius 3 is 1.45 bits per heavy atom. The number of halogens is 1. The van der Waals surface area contributed by atoms with Gasteiger partial charge in [0.15, 0.2) is 0 Å².